The van der Waals surface area contributed by atoms with E-state index in [2.05, 4.69) is 9.97 Å². The van der Waals surface area contributed by atoms with Gasteiger partial charge in [0.05, 0.1) is 12.3 Å². The van der Waals surface area contributed by atoms with Crippen molar-refractivity contribution in [2.75, 3.05) is 13.2 Å². The third-order valence-electron chi connectivity index (χ3n) is 2.69. The SMILES string of the molecule is CCOCCc1nc2c([nH]1)CCCC2. The first-order chi connectivity index (χ1) is 6.90. The minimum absolute atomic E-state index is 0.781. The van der Waals surface area contributed by atoms with Crippen molar-refractivity contribution < 1.29 is 4.74 Å². The van der Waals surface area contributed by atoms with Gasteiger partial charge < -0.3 is 9.72 Å². The lowest BCUT2D eigenvalue weighted by Gasteiger charge is -2.07. The molecule has 1 aliphatic carbocycles. The van der Waals surface area contributed by atoms with Gasteiger partial charge in [-0.25, -0.2) is 4.98 Å². The number of rotatable bonds is 4. The normalized spacial score (nSPS) is 15.5. The van der Waals surface area contributed by atoms with E-state index >= 15 is 0 Å². The summed E-state index contributed by atoms with van der Waals surface area (Å²) in [4.78, 5) is 7.99. The summed E-state index contributed by atoms with van der Waals surface area (Å²) >= 11 is 0. The van der Waals surface area contributed by atoms with Gasteiger partial charge >= 0.3 is 0 Å². The Bertz CT molecular complexity index is 270. The maximum Gasteiger partial charge on any atom is 0.108 e. The summed E-state index contributed by atoms with van der Waals surface area (Å²) in [5, 5.41) is 0. The molecule has 3 nitrogen and oxygen atoms in total. The molecule has 0 atom stereocenters. The largest absolute Gasteiger partial charge is 0.381 e. The lowest BCUT2D eigenvalue weighted by molar-refractivity contribution is 0.149. The van der Waals surface area contributed by atoms with E-state index in [0.717, 1.165) is 31.9 Å². The highest BCUT2D eigenvalue weighted by atomic mass is 16.5. The number of aromatic amines is 1. The molecule has 0 radical (unpaired) electrons. The number of H-pyrrole nitrogens is 1. The fraction of sp³-hybridized carbons (Fsp3) is 0.727. The Morgan fingerprint density at radius 3 is 3.00 bits per heavy atom. The van der Waals surface area contributed by atoms with E-state index in [4.69, 9.17) is 4.74 Å². The molecule has 0 saturated carbocycles. The predicted octanol–water partition coefficient (Wildman–Crippen LogP) is 1.87. The standard InChI is InChI=1S/C11H18N2O/c1-2-14-8-7-11-12-9-5-3-4-6-10(9)13-11/h2-8H2,1H3,(H,12,13). The van der Waals surface area contributed by atoms with Crippen molar-refractivity contribution in [3.63, 3.8) is 0 Å². The number of aromatic nitrogens is 2. The first-order valence-corrected chi connectivity index (χ1v) is 5.54. The van der Waals surface area contributed by atoms with Gasteiger partial charge in [0.2, 0.25) is 0 Å². The number of aryl methyl sites for hydroxylation is 2. The number of hydrogen-bond donors (Lipinski definition) is 1. The summed E-state index contributed by atoms with van der Waals surface area (Å²) in [5.41, 5.74) is 2.66. The van der Waals surface area contributed by atoms with Crippen LogP contribution in [0.2, 0.25) is 0 Å². The molecule has 0 spiro atoms. The summed E-state index contributed by atoms with van der Waals surface area (Å²) in [5.74, 6) is 1.10. The average Bonchev–Trinajstić information content (AvgIpc) is 2.60. The van der Waals surface area contributed by atoms with E-state index in [-0.39, 0.29) is 0 Å². The zero-order valence-corrected chi connectivity index (χ0v) is 8.81. The van der Waals surface area contributed by atoms with E-state index in [1.165, 1.54) is 30.7 Å². The molecule has 0 aromatic carbocycles. The number of nitrogens with zero attached hydrogens (tertiary/aromatic N) is 1. The third kappa shape index (κ3) is 2.15. The molecular weight excluding hydrogens is 176 g/mol. The first-order valence-electron chi connectivity index (χ1n) is 5.54. The Labute approximate surface area is 84.9 Å². The second-order valence-corrected chi connectivity index (χ2v) is 3.76. The monoisotopic (exact) mass is 194 g/mol. The fourth-order valence-corrected chi connectivity index (χ4v) is 1.94. The highest BCUT2D eigenvalue weighted by molar-refractivity contribution is 5.17. The van der Waals surface area contributed by atoms with Crippen molar-refractivity contribution in [3.8, 4) is 0 Å². The molecule has 0 bridgehead atoms. The minimum Gasteiger partial charge on any atom is -0.381 e. The van der Waals surface area contributed by atoms with Crippen LogP contribution in [0.3, 0.4) is 0 Å². The highest BCUT2D eigenvalue weighted by Crippen LogP contribution is 2.18. The van der Waals surface area contributed by atoms with Gasteiger partial charge in [0.1, 0.15) is 5.82 Å². The molecule has 1 aliphatic rings. The van der Waals surface area contributed by atoms with Crippen LogP contribution in [0.5, 0.6) is 0 Å². The van der Waals surface area contributed by atoms with E-state index < -0.39 is 0 Å². The van der Waals surface area contributed by atoms with E-state index in [9.17, 15) is 0 Å². The molecule has 1 aromatic rings. The van der Waals surface area contributed by atoms with E-state index in [1.807, 2.05) is 6.92 Å². The van der Waals surface area contributed by atoms with Crippen molar-refractivity contribution in [2.45, 2.75) is 39.0 Å². The Hall–Kier alpha value is -0.830. The summed E-state index contributed by atoms with van der Waals surface area (Å²) in [6.07, 6.45) is 5.85. The molecule has 0 fully saturated rings. The molecule has 0 amide bonds. The highest BCUT2D eigenvalue weighted by Gasteiger charge is 2.13. The van der Waals surface area contributed by atoms with Crippen LogP contribution in [-0.2, 0) is 24.0 Å². The van der Waals surface area contributed by atoms with Gasteiger partial charge in [0.25, 0.3) is 0 Å². The molecule has 3 heteroatoms. The number of nitrogens with one attached hydrogen (secondary N) is 1. The van der Waals surface area contributed by atoms with Gasteiger partial charge in [0.15, 0.2) is 0 Å². The van der Waals surface area contributed by atoms with Crippen LogP contribution in [0.25, 0.3) is 0 Å². The second-order valence-electron chi connectivity index (χ2n) is 3.76. The molecular formula is C11H18N2O. The molecule has 14 heavy (non-hydrogen) atoms. The average molecular weight is 194 g/mol. The molecule has 0 aliphatic heterocycles. The van der Waals surface area contributed by atoms with E-state index in [0.29, 0.717) is 0 Å². The van der Waals surface area contributed by atoms with Crippen LogP contribution >= 0.6 is 0 Å². The fourth-order valence-electron chi connectivity index (χ4n) is 1.94. The Morgan fingerprint density at radius 1 is 1.36 bits per heavy atom. The lowest BCUT2D eigenvalue weighted by atomic mass is 10.0. The number of imidazole rings is 1. The van der Waals surface area contributed by atoms with Crippen LogP contribution in [-0.4, -0.2) is 23.2 Å². The predicted molar refractivity (Wildman–Crippen MR) is 55.4 cm³/mol. The molecule has 1 aromatic heterocycles. The number of fused-ring (bicyclic) bond motifs is 1. The van der Waals surface area contributed by atoms with Crippen LogP contribution in [0.4, 0.5) is 0 Å². The van der Waals surface area contributed by atoms with Gasteiger partial charge in [-0.05, 0) is 32.6 Å². The van der Waals surface area contributed by atoms with Crippen molar-refractivity contribution in [3.05, 3.63) is 17.2 Å². The summed E-state index contributed by atoms with van der Waals surface area (Å²) in [7, 11) is 0. The third-order valence-corrected chi connectivity index (χ3v) is 2.69. The van der Waals surface area contributed by atoms with Crippen LogP contribution in [0.15, 0.2) is 0 Å². The first kappa shape index (κ1) is 9.71. The van der Waals surface area contributed by atoms with Crippen molar-refractivity contribution in [1.29, 1.82) is 0 Å². The van der Waals surface area contributed by atoms with Crippen LogP contribution in [0, 0.1) is 0 Å². The maximum atomic E-state index is 5.31. The molecule has 2 rings (SSSR count). The maximum absolute atomic E-state index is 5.31. The second kappa shape index (κ2) is 4.60. The van der Waals surface area contributed by atoms with E-state index in [1.54, 1.807) is 0 Å². The van der Waals surface area contributed by atoms with Crippen molar-refractivity contribution in [2.24, 2.45) is 0 Å². The van der Waals surface area contributed by atoms with Crippen LogP contribution in [0.1, 0.15) is 37.0 Å². The van der Waals surface area contributed by atoms with Gasteiger partial charge in [-0.2, -0.15) is 0 Å². The number of hydrogen-bond acceptors (Lipinski definition) is 2. The zero-order chi connectivity index (χ0) is 9.80. The van der Waals surface area contributed by atoms with Gasteiger partial charge in [-0.15, -0.1) is 0 Å². The quantitative estimate of drug-likeness (QED) is 0.743. The summed E-state index contributed by atoms with van der Waals surface area (Å²) in [6.45, 7) is 3.59. The molecule has 1 heterocycles. The zero-order valence-electron chi connectivity index (χ0n) is 8.81. The topological polar surface area (TPSA) is 37.9 Å². The Balaban J connectivity index is 1.94. The summed E-state index contributed by atoms with van der Waals surface area (Å²) in [6, 6.07) is 0. The van der Waals surface area contributed by atoms with Gasteiger partial charge in [-0.3, -0.25) is 0 Å². The van der Waals surface area contributed by atoms with Gasteiger partial charge in [0, 0.05) is 18.7 Å². The molecule has 78 valence electrons. The lowest BCUT2D eigenvalue weighted by Crippen LogP contribution is -2.00. The smallest absolute Gasteiger partial charge is 0.108 e. The van der Waals surface area contributed by atoms with Crippen molar-refractivity contribution >= 4 is 0 Å². The van der Waals surface area contributed by atoms with Gasteiger partial charge in [-0.1, -0.05) is 0 Å². The minimum atomic E-state index is 0.781. The molecule has 1 N–H and O–H groups in total. The summed E-state index contributed by atoms with van der Waals surface area (Å²) < 4.78 is 5.31. The van der Waals surface area contributed by atoms with Crippen LogP contribution < -0.4 is 0 Å². The molecule has 0 saturated heterocycles. The number of ether oxygens (including phenoxy) is 1. The molecule has 0 unspecified atom stereocenters. The Kier molecular flexibility index (Phi) is 3.19. The van der Waals surface area contributed by atoms with Crippen molar-refractivity contribution in [1.82, 2.24) is 9.97 Å². The Morgan fingerprint density at radius 2 is 2.21 bits per heavy atom.